The number of rotatable bonds is 14. The SMILES string of the molecule is CC(C)N(C(=O)c1ccc(OCCCCCOc2ccc(C(=N)N)cc2)cc1F)C(C)C.O=C(O)/C=C\C(=O)O. The minimum atomic E-state index is -1.26. The van der Waals surface area contributed by atoms with Crippen molar-refractivity contribution in [2.45, 2.75) is 59.0 Å². The molecule has 0 aromatic heterocycles. The normalized spacial score (nSPS) is 10.7. The topological polar surface area (TPSA) is 163 Å². The lowest BCUT2D eigenvalue weighted by Gasteiger charge is -2.31. The van der Waals surface area contributed by atoms with Gasteiger partial charge in [0, 0.05) is 35.9 Å². The van der Waals surface area contributed by atoms with Gasteiger partial charge in [-0.3, -0.25) is 10.2 Å². The van der Waals surface area contributed by atoms with Gasteiger partial charge < -0.3 is 30.3 Å². The first kappa shape index (κ1) is 33.6. The van der Waals surface area contributed by atoms with Gasteiger partial charge in [0.2, 0.25) is 0 Å². The highest BCUT2D eigenvalue weighted by Crippen LogP contribution is 2.21. The molecule has 0 saturated heterocycles. The van der Waals surface area contributed by atoms with E-state index in [-0.39, 0.29) is 29.4 Å². The summed E-state index contributed by atoms with van der Waals surface area (Å²) in [5.74, 6) is -2.20. The summed E-state index contributed by atoms with van der Waals surface area (Å²) in [5.41, 5.74) is 6.16. The number of amidine groups is 1. The molecule has 0 aliphatic carbocycles. The number of halogens is 1. The summed E-state index contributed by atoms with van der Waals surface area (Å²) in [7, 11) is 0. The number of aliphatic carboxylic acids is 2. The van der Waals surface area contributed by atoms with E-state index in [1.54, 1.807) is 35.2 Å². The molecule has 0 unspecified atom stereocenters. The maximum absolute atomic E-state index is 14.5. The number of benzene rings is 2. The molecule has 40 heavy (non-hydrogen) atoms. The van der Waals surface area contributed by atoms with Crippen LogP contribution in [0.25, 0.3) is 0 Å². The maximum atomic E-state index is 14.5. The lowest BCUT2D eigenvalue weighted by atomic mass is 10.1. The van der Waals surface area contributed by atoms with Gasteiger partial charge in [-0.15, -0.1) is 0 Å². The highest BCUT2D eigenvalue weighted by Gasteiger charge is 2.24. The minimum absolute atomic E-state index is 0.0123. The Morgan fingerprint density at radius 1 is 0.875 bits per heavy atom. The second kappa shape index (κ2) is 17.2. The summed E-state index contributed by atoms with van der Waals surface area (Å²) >= 11 is 0. The first-order valence-corrected chi connectivity index (χ1v) is 12.8. The van der Waals surface area contributed by atoms with Crippen molar-refractivity contribution in [3.05, 3.63) is 71.6 Å². The number of carbonyl (C=O) groups excluding carboxylic acids is 1. The fourth-order valence-corrected chi connectivity index (χ4v) is 3.60. The van der Waals surface area contributed by atoms with Gasteiger partial charge in [0.15, 0.2) is 0 Å². The lowest BCUT2D eigenvalue weighted by molar-refractivity contribution is -0.134. The number of hydrogen-bond donors (Lipinski definition) is 4. The van der Waals surface area contributed by atoms with Crippen LogP contribution >= 0.6 is 0 Å². The number of carboxylic acids is 2. The summed E-state index contributed by atoms with van der Waals surface area (Å²) in [6, 6.07) is 11.5. The molecule has 5 N–H and O–H groups in total. The molecule has 1 amide bonds. The van der Waals surface area contributed by atoms with E-state index in [0.29, 0.717) is 36.7 Å². The van der Waals surface area contributed by atoms with E-state index < -0.39 is 17.8 Å². The molecular weight excluding hydrogens is 521 g/mol. The summed E-state index contributed by atoms with van der Waals surface area (Å²) in [6.07, 6.45) is 3.69. The van der Waals surface area contributed by atoms with E-state index in [1.807, 2.05) is 27.7 Å². The van der Waals surface area contributed by atoms with Crippen molar-refractivity contribution >= 4 is 23.7 Å². The van der Waals surface area contributed by atoms with Gasteiger partial charge in [-0.25, -0.2) is 14.0 Å². The average Bonchev–Trinajstić information content (AvgIpc) is 2.87. The van der Waals surface area contributed by atoms with Crippen LogP contribution in [0.1, 0.15) is 62.9 Å². The smallest absolute Gasteiger partial charge is 0.328 e. The van der Waals surface area contributed by atoms with E-state index in [2.05, 4.69) is 0 Å². The fourth-order valence-electron chi connectivity index (χ4n) is 3.60. The van der Waals surface area contributed by atoms with Gasteiger partial charge in [0.05, 0.1) is 18.8 Å². The van der Waals surface area contributed by atoms with Crippen LogP contribution in [-0.2, 0) is 9.59 Å². The molecule has 0 atom stereocenters. The Morgan fingerprint density at radius 3 is 1.77 bits per heavy atom. The molecule has 11 heteroatoms. The van der Waals surface area contributed by atoms with E-state index >= 15 is 0 Å². The van der Waals surface area contributed by atoms with Gasteiger partial charge in [0.1, 0.15) is 23.2 Å². The van der Waals surface area contributed by atoms with Crippen molar-refractivity contribution in [2.24, 2.45) is 5.73 Å². The third-order valence-corrected chi connectivity index (χ3v) is 5.38. The van der Waals surface area contributed by atoms with Crippen molar-refractivity contribution in [2.75, 3.05) is 13.2 Å². The van der Waals surface area contributed by atoms with Crippen molar-refractivity contribution in [3.63, 3.8) is 0 Å². The second-order valence-electron chi connectivity index (χ2n) is 9.25. The van der Waals surface area contributed by atoms with Crippen LogP contribution in [0, 0.1) is 11.2 Å². The fraction of sp³-hybridized carbons (Fsp3) is 0.379. The number of nitrogens with one attached hydrogen (secondary N) is 1. The van der Waals surface area contributed by atoms with Crippen molar-refractivity contribution in [1.82, 2.24) is 4.90 Å². The quantitative estimate of drug-likeness (QED) is 0.112. The van der Waals surface area contributed by atoms with E-state index in [4.69, 9.17) is 30.8 Å². The first-order valence-electron chi connectivity index (χ1n) is 12.8. The van der Waals surface area contributed by atoms with Crippen LogP contribution in [0.3, 0.4) is 0 Å². The standard InChI is InChI=1S/C25H34FN3O3.C4H4O4/c1-17(2)29(18(3)4)25(30)22-13-12-21(16-23(22)26)32-15-7-5-6-14-31-20-10-8-19(9-11-20)24(27)28;5-3(6)1-2-4(7)8/h8-13,16-18H,5-7,14-15H2,1-4H3,(H3,27,28);1-2H,(H,5,6)(H,7,8)/b;2-1-. The minimum Gasteiger partial charge on any atom is -0.494 e. The Bertz CT molecular complexity index is 1140. The van der Waals surface area contributed by atoms with E-state index in [9.17, 15) is 18.8 Å². The van der Waals surface area contributed by atoms with Crippen LogP contribution in [-0.4, -0.2) is 64.1 Å². The Kier molecular flexibility index (Phi) is 14.5. The molecule has 0 aliphatic rings. The molecule has 0 bridgehead atoms. The zero-order chi connectivity index (χ0) is 30.2. The molecule has 0 radical (unpaired) electrons. The molecule has 10 nitrogen and oxygen atoms in total. The monoisotopic (exact) mass is 559 g/mol. The highest BCUT2D eigenvalue weighted by atomic mass is 19.1. The Balaban J connectivity index is 0.000000869. The Hall–Kier alpha value is -4.41. The number of hydrogen-bond acceptors (Lipinski definition) is 6. The zero-order valence-electron chi connectivity index (χ0n) is 23.2. The zero-order valence-corrected chi connectivity index (χ0v) is 23.2. The number of carbonyl (C=O) groups is 3. The maximum Gasteiger partial charge on any atom is 0.328 e. The molecule has 0 saturated carbocycles. The number of ether oxygens (including phenoxy) is 2. The number of nitrogens with two attached hydrogens (primary N) is 1. The van der Waals surface area contributed by atoms with Crippen molar-refractivity contribution in [1.29, 1.82) is 5.41 Å². The molecule has 0 aliphatic heterocycles. The van der Waals surface area contributed by atoms with Crippen molar-refractivity contribution in [3.8, 4) is 11.5 Å². The molecule has 0 heterocycles. The summed E-state index contributed by atoms with van der Waals surface area (Å²) in [4.78, 5) is 33.5. The van der Waals surface area contributed by atoms with E-state index in [0.717, 1.165) is 25.0 Å². The number of amides is 1. The average molecular weight is 560 g/mol. The van der Waals surface area contributed by atoms with Crippen LogP contribution in [0.5, 0.6) is 11.5 Å². The van der Waals surface area contributed by atoms with Gasteiger partial charge in [-0.2, -0.15) is 0 Å². The van der Waals surface area contributed by atoms with Crippen LogP contribution in [0.2, 0.25) is 0 Å². The van der Waals surface area contributed by atoms with Gasteiger partial charge in [-0.1, -0.05) is 0 Å². The Morgan fingerprint density at radius 2 is 1.35 bits per heavy atom. The Labute approximate surface area is 233 Å². The highest BCUT2D eigenvalue weighted by molar-refractivity contribution is 5.95. The largest absolute Gasteiger partial charge is 0.494 e. The molecule has 0 fully saturated rings. The van der Waals surface area contributed by atoms with Gasteiger partial charge >= 0.3 is 11.9 Å². The summed E-state index contributed by atoms with van der Waals surface area (Å²) in [6.45, 7) is 8.72. The number of carboxylic acid groups (broad SMARTS) is 2. The molecular formula is C29H38FN3O7. The molecule has 2 aromatic rings. The number of nitrogens with zero attached hydrogens (tertiary/aromatic N) is 1. The lowest BCUT2D eigenvalue weighted by Crippen LogP contribution is -2.42. The predicted molar refractivity (Wildman–Crippen MR) is 150 cm³/mol. The number of nitrogen functional groups attached to an aromatic ring is 1. The summed E-state index contributed by atoms with van der Waals surface area (Å²) in [5, 5.41) is 23.0. The summed E-state index contributed by atoms with van der Waals surface area (Å²) < 4.78 is 25.8. The van der Waals surface area contributed by atoms with Crippen LogP contribution in [0.15, 0.2) is 54.6 Å². The predicted octanol–water partition coefficient (Wildman–Crippen LogP) is 4.71. The third-order valence-electron chi connectivity index (χ3n) is 5.38. The molecule has 0 spiro atoms. The van der Waals surface area contributed by atoms with Crippen LogP contribution < -0.4 is 15.2 Å². The molecule has 2 aromatic carbocycles. The van der Waals surface area contributed by atoms with Gasteiger partial charge in [-0.05, 0) is 83.4 Å². The number of unbranched alkanes of at least 4 members (excludes halogenated alkanes) is 2. The third kappa shape index (κ3) is 12.4. The molecule has 2 rings (SSSR count). The first-order chi connectivity index (χ1) is 18.8. The second-order valence-corrected chi connectivity index (χ2v) is 9.25. The van der Waals surface area contributed by atoms with Crippen LogP contribution in [0.4, 0.5) is 4.39 Å². The van der Waals surface area contributed by atoms with Gasteiger partial charge in [0.25, 0.3) is 5.91 Å². The van der Waals surface area contributed by atoms with Crippen molar-refractivity contribution < 1.29 is 38.5 Å². The van der Waals surface area contributed by atoms with E-state index in [1.165, 1.54) is 12.1 Å². The molecule has 218 valence electrons.